The van der Waals surface area contributed by atoms with Crippen LogP contribution in [-0.4, -0.2) is 29.5 Å². The Morgan fingerprint density at radius 1 is 0.971 bits per heavy atom. The van der Waals surface area contributed by atoms with Gasteiger partial charge in [-0.15, -0.1) is 11.8 Å². The molecule has 0 spiro atoms. The van der Waals surface area contributed by atoms with Crippen molar-refractivity contribution in [2.24, 2.45) is 9.98 Å². The summed E-state index contributed by atoms with van der Waals surface area (Å²) in [6.07, 6.45) is 3.98. The van der Waals surface area contributed by atoms with E-state index in [9.17, 15) is 4.79 Å². The maximum atomic E-state index is 12.8. The van der Waals surface area contributed by atoms with Gasteiger partial charge in [0.05, 0.1) is 35.0 Å². The third-order valence-electron chi connectivity index (χ3n) is 6.57. The molecule has 0 radical (unpaired) electrons. The number of nitrogens with zero attached hydrogens (tertiary/aromatic N) is 2. The van der Waals surface area contributed by atoms with Gasteiger partial charge in [0.2, 0.25) is 5.91 Å². The Balaban J connectivity index is 1.37. The fourth-order valence-corrected chi connectivity index (χ4v) is 5.29. The van der Waals surface area contributed by atoms with Gasteiger partial charge in [-0.05, 0) is 91.8 Å². The van der Waals surface area contributed by atoms with Gasteiger partial charge in [0.1, 0.15) is 5.75 Å². The molecule has 0 atom stereocenters. The quantitative estimate of drug-likeness (QED) is 0.438. The van der Waals surface area contributed by atoms with Crippen LogP contribution in [0.4, 0.5) is 17.1 Å². The molecule has 1 aliphatic carbocycles. The number of fused-ring (bicyclic) bond motifs is 2. The zero-order chi connectivity index (χ0) is 24.4. The summed E-state index contributed by atoms with van der Waals surface area (Å²) in [4.78, 5) is 22.7. The summed E-state index contributed by atoms with van der Waals surface area (Å²) in [5.41, 5.74) is 9.57. The first kappa shape index (κ1) is 23.4. The number of hydrogen-bond donors (Lipinski definition) is 1. The van der Waals surface area contributed by atoms with E-state index in [4.69, 9.17) is 14.7 Å². The van der Waals surface area contributed by atoms with Crippen LogP contribution in [0.25, 0.3) is 0 Å². The Kier molecular flexibility index (Phi) is 6.73. The van der Waals surface area contributed by atoms with Gasteiger partial charge < -0.3 is 10.1 Å². The van der Waals surface area contributed by atoms with Crippen molar-refractivity contribution in [1.82, 2.24) is 0 Å². The van der Waals surface area contributed by atoms with Gasteiger partial charge in [-0.3, -0.25) is 9.79 Å². The molecule has 178 valence electrons. The van der Waals surface area contributed by atoms with Gasteiger partial charge >= 0.3 is 0 Å². The molecule has 0 bridgehead atoms. The molecule has 6 heteroatoms. The summed E-state index contributed by atoms with van der Waals surface area (Å²) in [5.74, 6) is 1.05. The number of benzene rings is 3. The van der Waals surface area contributed by atoms with Crippen molar-refractivity contribution in [2.45, 2.75) is 39.5 Å². The lowest BCUT2D eigenvalue weighted by Crippen LogP contribution is -2.16. The summed E-state index contributed by atoms with van der Waals surface area (Å²) >= 11 is 1.47. The minimum absolute atomic E-state index is 0.0277. The summed E-state index contributed by atoms with van der Waals surface area (Å²) in [7, 11) is 1.66. The number of carbonyl (C=O) groups excluding carboxylic acids is 1. The summed E-state index contributed by atoms with van der Waals surface area (Å²) in [6.45, 7) is 4.17. The first-order valence-electron chi connectivity index (χ1n) is 11.9. The van der Waals surface area contributed by atoms with E-state index in [1.165, 1.54) is 40.4 Å². The number of aryl methyl sites for hydroxylation is 4. The van der Waals surface area contributed by atoms with Crippen LogP contribution in [0.15, 0.2) is 64.6 Å². The number of nitrogens with one attached hydrogen (secondary N) is 1. The predicted molar refractivity (Wildman–Crippen MR) is 146 cm³/mol. The second-order valence-corrected chi connectivity index (χ2v) is 10.1. The number of rotatable bonds is 5. The van der Waals surface area contributed by atoms with Crippen molar-refractivity contribution < 1.29 is 9.53 Å². The van der Waals surface area contributed by atoms with Crippen LogP contribution in [0.3, 0.4) is 0 Å². The van der Waals surface area contributed by atoms with Crippen molar-refractivity contribution >= 4 is 45.5 Å². The first-order chi connectivity index (χ1) is 17.0. The smallest absolute Gasteiger partial charge is 0.234 e. The van der Waals surface area contributed by atoms with E-state index in [1.54, 1.807) is 7.11 Å². The number of methoxy groups -OCH3 is 1. The third kappa shape index (κ3) is 5.33. The van der Waals surface area contributed by atoms with Gasteiger partial charge in [-0.25, -0.2) is 4.99 Å². The highest BCUT2D eigenvalue weighted by Crippen LogP contribution is 2.36. The van der Waals surface area contributed by atoms with E-state index >= 15 is 0 Å². The summed E-state index contributed by atoms with van der Waals surface area (Å²) in [6, 6.07) is 18.3. The molecular weight excluding hydrogens is 454 g/mol. The van der Waals surface area contributed by atoms with Gasteiger partial charge in [0.25, 0.3) is 0 Å². The van der Waals surface area contributed by atoms with Crippen molar-refractivity contribution in [1.29, 1.82) is 0 Å². The largest absolute Gasteiger partial charge is 0.497 e. The highest BCUT2D eigenvalue weighted by molar-refractivity contribution is 8.14. The molecule has 0 saturated carbocycles. The van der Waals surface area contributed by atoms with Crippen molar-refractivity contribution in [3.05, 3.63) is 82.4 Å². The molecule has 1 amide bonds. The molecule has 2 aliphatic rings. The number of hydrogen-bond acceptors (Lipinski definition) is 5. The molecule has 35 heavy (non-hydrogen) atoms. The molecule has 3 aromatic carbocycles. The summed E-state index contributed by atoms with van der Waals surface area (Å²) in [5, 5.41) is 3.93. The lowest BCUT2D eigenvalue weighted by Gasteiger charge is -2.10. The Morgan fingerprint density at radius 3 is 2.54 bits per heavy atom. The highest BCUT2D eigenvalue weighted by Gasteiger charge is 2.18. The molecule has 1 aliphatic heterocycles. The fraction of sp³-hybridized carbons (Fsp3) is 0.276. The van der Waals surface area contributed by atoms with Gasteiger partial charge in [0.15, 0.2) is 0 Å². The highest BCUT2D eigenvalue weighted by atomic mass is 32.2. The topological polar surface area (TPSA) is 63.1 Å². The SMILES string of the molecule is COc1cccc(C2=Nc3cc(C)c(C)cc3N=C(SCC(=O)Nc3ccc4c(c3)CCC4)C2)c1. The molecule has 5 rings (SSSR count). The van der Waals surface area contributed by atoms with Crippen LogP contribution in [0.1, 0.15) is 40.7 Å². The van der Waals surface area contributed by atoms with Crippen LogP contribution in [0.5, 0.6) is 5.75 Å². The molecular formula is C29H29N3O2S. The molecule has 3 aromatic rings. The number of carbonyl (C=O) groups is 1. The molecule has 0 unspecified atom stereocenters. The molecule has 0 aromatic heterocycles. The number of ether oxygens (including phenoxy) is 1. The second-order valence-electron chi connectivity index (χ2n) is 9.07. The van der Waals surface area contributed by atoms with E-state index < -0.39 is 0 Å². The van der Waals surface area contributed by atoms with Crippen molar-refractivity contribution in [2.75, 3.05) is 18.2 Å². The minimum atomic E-state index is -0.0277. The molecule has 1 N–H and O–H groups in total. The van der Waals surface area contributed by atoms with E-state index in [0.29, 0.717) is 12.2 Å². The van der Waals surface area contributed by atoms with E-state index in [2.05, 4.69) is 43.4 Å². The molecule has 0 saturated heterocycles. The third-order valence-corrected chi connectivity index (χ3v) is 7.54. The maximum Gasteiger partial charge on any atom is 0.234 e. The number of amides is 1. The van der Waals surface area contributed by atoms with Crippen LogP contribution in [-0.2, 0) is 17.6 Å². The Hall–Kier alpha value is -3.38. The molecule has 5 nitrogen and oxygen atoms in total. The maximum absolute atomic E-state index is 12.8. The molecule has 0 fully saturated rings. The van der Waals surface area contributed by atoms with Gasteiger partial charge in [-0.1, -0.05) is 18.2 Å². The van der Waals surface area contributed by atoms with Gasteiger partial charge in [-0.2, -0.15) is 0 Å². The van der Waals surface area contributed by atoms with Crippen LogP contribution < -0.4 is 10.1 Å². The lowest BCUT2D eigenvalue weighted by atomic mass is 10.1. The predicted octanol–water partition coefficient (Wildman–Crippen LogP) is 6.73. The minimum Gasteiger partial charge on any atom is -0.497 e. The first-order valence-corrected chi connectivity index (χ1v) is 12.9. The molecule has 1 heterocycles. The number of aliphatic imine (C=N–C) groups is 2. The average Bonchev–Trinajstić information content (AvgIpc) is 3.25. The van der Waals surface area contributed by atoms with Gasteiger partial charge in [0, 0.05) is 17.7 Å². The number of anilines is 1. The van der Waals surface area contributed by atoms with Crippen LogP contribution in [0.2, 0.25) is 0 Å². The van der Waals surface area contributed by atoms with E-state index in [-0.39, 0.29) is 5.91 Å². The zero-order valence-electron chi connectivity index (χ0n) is 20.4. The average molecular weight is 484 g/mol. The Labute approximate surface area is 210 Å². The zero-order valence-corrected chi connectivity index (χ0v) is 21.2. The van der Waals surface area contributed by atoms with Crippen molar-refractivity contribution in [3.63, 3.8) is 0 Å². The normalized spacial score (nSPS) is 14.4. The summed E-state index contributed by atoms with van der Waals surface area (Å²) < 4.78 is 5.43. The lowest BCUT2D eigenvalue weighted by molar-refractivity contribution is -0.113. The standard InChI is InChI=1S/C29H29N3O2S/c1-18-12-26-27(13-19(18)2)32-29(16-25(31-26)22-8-5-9-24(15-22)34-3)35-17-28(33)30-23-11-10-20-6-4-7-21(20)14-23/h5,8-15H,4,6-7,16-17H2,1-3H3,(H,30,33). The van der Waals surface area contributed by atoms with E-state index in [1.807, 2.05) is 30.3 Å². The second kappa shape index (κ2) is 10.1. The Morgan fingerprint density at radius 2 is 1.74 bits per heavy atom. The fourth-order valence-electron chi connectivity index (χ4n) is 4.51. The van der Waals surface area contributed by atoms with Crippen LogP contribution >= 0.6 is 11.8 Å². The van der Waals surface area contributed by atoms with Crippen molar-refractivity contribution in [3.8, 4) is 5.75 Å². The Bertz CT molecular complexity index is 1360. The van der Waals surface area contributed by atoms with E-state index in [0.717, 1.165) is 52.0 Å². The van der Waals surface area contributed by atoms with Crippen LogP contribution in [0, 0.1) is 13.8 Å². The number of thioether (sulfide) groups is 1. The monoisotopic (exact) mass is 483 g/mol.